The van der Waals surface area contributed by atoms with Gasteiger partial charge in [-0.2, -0.15) is 14.7 Å². The Morgan fingerprint density at radius 2 is 2.04 bits per heavy atom. The highest BCUT2D eigenvalue weighted by molar-refractivity contribution is 5.68. The molecule has 3 aromatic heterocycles. The van der Waals surface area contributed by atoms with Crippen molar-refractivity contribution < 1.29 is 5.11 Å². The topological polar surface area (TPSA) is 84.4 Å². The number of aliphatic hydroxyl groups excluding tert-OH is 1. The van der Waals surface area contributed by atoms with Gasteiger partial charge >= 0.3 is 0 Å². The zero-order valence-electron chi connectivity index (χ0n) is 14.1. The second-order valence-corrected chi connectivity index (χ2v) is 7.29. The van der Waals surface area contributed by atoms with Crippen LogP contribution in [-0.2, 0) is 0 Å². The number of aromatic nitrogens is 6. The first kappa shape index (κ1) is 14.8. The smallest absolute Gasteiger partial charge is 0.200 e. The van der Waals surface area contributed by atoms with Crippen LogP contribution in [0.1, 0.15) is 24.6 Å². The van der Waals surface area contributed by atoms with Crippen molar-refractivity contribution in [2.24, 2.45) is 11.8 Å². The lowest BCUT2D eigenvalue weighted by Gasteiger charge is -2.35. The van der Waals surface area contributed by atoms with Crippen LogP contribution in [0.25, 0.3) is 5.65 Å². The van der Waals surface area contributed by atoms with Gasteiger partial charge < -0.3 is 10.0 Å². The Balaban J connectivity index is 1.43. The maximum Gasteiger partial charge on any atom is 0.200 e. The van der Waals surface area contributed by atoms with Crippen molar-refractivity contribution in [2.75, 3.05) is 18.0 Å². The van der Waals surface area contributed by atoms with Crippen LogP contribution in [0.4, 0.5) is 5.69 Å². The molecule has 8 heteroatoms. The fourth-order valence-electron chi connectivity index (χ4n) is 4.53. The predicted octanol–water partition coefficient (Wildman–Crippen LogP) is 1.08. The Labute approximate surface area is 145 Å². The number of anilines is 1. The first-order valence-corrected chi connectivity index (χ1v) is 8.79. The molecule has 0 unspecified atom stereocenters. The van der Waals surface area contributed by atoms with Crippen molar-refractivity contribution in [3.05, 3.63) is 36.5 Å². The van der Waals surface area contributed by atoms with E-state index in [1.165, 1.54) is 0 Å². The minimum Gasteiger partial charge on any atom is -0.391 e. The van der Waals surface area contributed by atoms with Crippen molar-refractivity contribution >= 4 is 11.3 Å². The van der Waals surface area contributed by atoms with Crippen LogP contribution in [0.5, 0.6) is 0 Å². The van der Waals surface area contributed by atoms with Crippen molar-refractivity contribution in [1.82, 2.24) is 29.6 Å². The molecule has 0 aromatic carbocycles. The number of hydrogen-bond acceptors (Lipinski definition) is 6. The summed E-state index contributed by atoms with van der Waals surface area (Å²) in [6, 6.07) is 4.08. The first-order chi connectivity index (χ1) is 12.2. The number of fused-ring (bicyclic) bond motifs is 2. The van der Waals surface area contributed by atoms with E-state index in [0.29, 0.717) is 11.8 Å². The Bertz CT molecular complexity index is 890. The third-order valence-corrected chi connectivity index (χ3v) is 5.69. The average molecular weight is 339 g/mol. The summed E-state index contributed by atoms with van der Waals surface area (Å²) in [5.74, 6) is 1.05. The quantitative estimate of drug-likeness (QED) is 0.752. The lowest BCUT2D eigenvalue weighted by Crippen LogP contribution is -2.36. The normalized spacial score (nSPS) is 29.3. The number of aliphatic hydroxyl groups is 1. The molecule has 1 N–H and O–H groups in total. The summed E-state index contributed by atoms with van der Waals surface area (Å²) in [7, 11) is 0. The van der Waals surface area contributed by atoms with E-state index in [0.717, 1.165) is 43.0 Å². The maximum atomic E-state index is 10.6. The van der Waals surface area contributed by atoms with E-state index < -0.39 is 0 Å². The Kier molecular flexibility index (Phi) is 3.27. The lowest BCUT2D eigenvalue weighted by molar-refractivity contribution is 0.0306. The molecule has 3 aromatic rings. The SMILES string of the molecule is Cc1cc(N2C[C@H]3C[C@@H](n4cccn4)[C@H](O)C[C@H]3C2)c2nncn2n1. The Morgan fingerprint density at radius 1 is 1.20 bits per heavy atom. The molecule has 1 aliphatic heterocycles. The minimum atomic E-state index is -0.339. The van der Waals surface area contributed by atoms with Gasteiger partial charge in [0.05, 0.1) is 23.5 Å². The largest absolute Gasteiger partial charge is 0.391 e. The zero-order valence-corrected chi connectivity index (χ0v) is 14.1. The lowest BCUT2D eigenvalue weighted by atomic mass is 9.77. The third-order valence-electron chi connectivity index (χ3n) is 5.69. The fourth-order valence-corrected chi connectivity index (χ4v) is 4.53. The third kappa shape index (κ3) is 2.39. The Morgan fingerprint density at radius 3 is 2.84 bits per heavy atom. The molecule has 25 heavy (non-hydrogen) atoms. The van der Waals surface area contributed by atoms with E-state index in [1.807, 2.05) is 23.9 Å². The summed E-state index contributed by atoms with van der Waals surface area (Å²) in [5.41, 5.74) is 2.84. The van der Waals surface area contributed by atoms with Crippen LogP contribution in [-0.4, -0.2) is 53.9 Å². The summed E-state index contributed by atoms with van der Waals surface area (Å²) in [6.07, 6.45) is 6.81. The summed E-state index contributed by atoms with van der Waals surface area (Å²) >= 11 is 0. The zero-order chi connectivity index (χ0) is 17.0. The highest BCUT2D eigenvalue weighted by atomic mass is 16.3. The summed E-state index contributed by atoms with van der Waals surface area (Å²) < 4.78 is 3.66. The molecule has 8 nitrogen and oxygen atoms in total. The van der Waals surface area contributed by atoms with Crippen LogP contribution >= 0.6 is 0 Å². The summed E-state index contributed by atoms with van der Waals surface area (Å²) in [4.78, 5) is 2.38. The van der Waals surface area contributed by atoms with Gasteiger partial charge in [-0.1, -0.05) is 0 Å². The molecule has 2 aliphatic rings. The van der Waals surface area contributed by atoms with Crippen LogP contribution in [0.15, 0.2) is 30.9 Å². The molecular formula is C17H21N7O. The fraction of sp³-hybridized carbons (Fsp3) is 0.529. The van der Waals surface area contributed by atoms with E-state index in [-0.39, 0.29) is 12.1 Å². The summed E-state index contributed by atoms with van der Waals surface area (Å²) in [5, 5.41) is 27.6. The van der Waals surface area contributed by atoms with Crippen molar-refractivity contribution in [3.8, 4) is 0 Å². The van der Waals surface area contributed by atoms with Crippen molar-refractivity contribution in [3.63, 3.8) is 0 Å². The van der Waals surface area contributed by atoms with E-state index >= 15 is 0 Å². The standard InChI is InChI=1S/C17H21N7O/c1-11-5-15(17-20-18-10-24(17)21-11)22-8-12-6-14(23-4-2-3-19-23)16(25)7-13(12)9-22/h2-5,10,12-14,16,25H,6-9H2,1H3/t12-,13+,14-,16-/m1/s1. The van der Waals surface area contributed by atoms with E-state index in [2.05, 4.69) is 31.4 Å². The molecule has 5 rings (SSSR count). The van der Waals surface area contributed by atoms with Gasteiger partial charge in [0.25, 0.3) is 0 Å². The number of nitrogens with zero attached hydrogens (tertiary/aromatic N) is 7. The highest BCUT2D eigenvalue weighted by Gasteiger charge is 2.43. The highest BCUT2D eigenvalue weighted by Crippen LogP contribution is 2.42. The first-order valence-electron chi connectivity index (χ1n) is 8.79. The molecule has 0 radical (unpaired) electrons. The van der Waals surface area contributed by atoms with Crippen LogP contribution in [0.3, 0.4) is 0 Å². The monoisotopic (exact) mass is 339 g/mol. The van der Waals surface area contributed by atoms with Crippen molar-refractivity contribution in [2.45, 2.75) is 31.9 Å². The molecular weight excluding hydrogens is 318 g/mol. The average Bonchev–Trinajstić information content (AvgIpc) is 3.32. The minimum absolute atomic E-state index is 0.0727. The van der Waals surface area contributed by atoms with Gasteiger partial charge in [-0.3, -0.25) is 4.68 Å². The van der Waals surface area contributed by atoms with Gasteiger partial charge in [-0.05, 0) is 43.7 Å². The molecule has 130 valence electrons. The number of aryl methyl sites for hydroxylation is 1. The molecule has 0 spiro atoms. The van der Waals surface area contributed by atoms with Crippen LogP contribution < -0.4 is 4.90 Å². The second kappa shape index (κ2) is 5.52. The van der Waals surface area contributed by atoms with Crippen LogP contribution in [0.2, 0.25) is 0 Å². The van der Waals surface area contributed by atoms with Crippen LogP contribution in [0, 0.1) is 18.8 Å². The van der Waals surface area contributed by atoms with Gasteiger partial charge in [0.1, 0.15) is 6.33 Å². The van der Waals surface area contributed by atoms with Gasteiger partial charge in [0.15, 0.2) is 0 Å². The van der Waals surface area contributed by atoms with Crippen molar-refractivity contribution in [1.29, 1.82) is 0 Å². The molecule has 0 bridgehead atoms. The molecule has 4 heterocycles. The van der Waals surface area contributed by atoms with Gasteiger partial charge in [0.2, 0.25) is 5.65 Å². The molecule has 2 fully saturated rings. The molecule has 0 amide bonds. The Hall–Kier alpha value is -2.48. The second-order valence-electron chi connectivity index (χ2n) is 7.29. The summed E-state index contributed by atoms with van der Waals surface area (Å²) in [6.45, 7) is 3.91. The van der Waals surface area contributed by atoms with E-state index in [9.17, 15) is 5.11 Å². The van der Waals surface area contributed by atoms with E-state index in [4.69, 9.17) is 0 Å². The number of hydrogen-bond donors (Lipinski definition) is 1. The predicted molar refractivity (Wildman–Crippen MR) is 91.2 cm³/mol. The van der Waals surface area contributed by atoms with Gasteiger partial charge in [0, 0.05) is 25.5 Å². The van der Waals surface area contributed by atoms with E-state index in [1.54, 1.807) is 17.0 Å². The van der Waals surface area contributed by atoms with Gasteiger partial charge in [-0.25, -0.2) is 0 Å². The molecule has 4 atom stereocenters. The van der Waals surface area contributed by atoms with Gasteiger partial charge in [-0.15, -0.1) is 10.2 Å². The molecule has 1 aliphatic carbocycles. The molecule has 1 saturated heterocycles. The number of rotatable bonds is 2. The maximum absolute atomic E-state index is 10.6. The molecule has 1 saturated carbocycles.